The third-order valence-electron chi connectivity index (χ3n) is 3.12. The van der Waals surface area contributed by atoms with Crippen LogP contribution in [-0.2, 0) is 15.7 Å². The molecule has 1 rings (SSSR count). The molecule has 1 aromatic rings. The van der Waals surface area contributed by atoms with Crippen LogP contribution in [0.4, 0.5) is 0 Å². The highest BCUT2D eigenvalue weighted by atomic mass is 32.1. The van der Waals surface area contributed by atoms with E-state index < -0.39 is 0 Å². The van der Waals surface area contributed by atoms with Gasteiger partial charge >= 0.3 is 0 Å². The van der Waals surface area contributed by atoms with Crippen molar-refractivity contribution < 1.29 is 4.74 Å². The molecule has 1 N–H and O–H groups in total. The topological polar surface area (TPSA) is 34.1 Å². The van der Waals surface area contributed by atoms with Crippen molar-refractivity contribution in [3.63, 3.8) is 0 Å². The van der Waals surface area contributed by atoms with Crippen molar-refractivity contribution in [3.05, 3.63) is 16.1 Å². The van der Waals surface area contributed by atoms with Gasteiger partial charge in [0.05, 0.1) is 11.2 Å². The smallest absolute Gasteiger partial charge is 0.113 e. The summed E-state index contributed by atoms with van der Waals surface area (Å²) in [4.78, 5) is 4.83. The number of hydrogen-bond donors (Lipinski definition) is 1. The standard InChI is InChI=1S/C14H26N2OS/c1-7-15-14(5,8-9-17-6)12-16-11(10-18-12)13(2,3)4/h10,15H,7-9H2,1-6H3. The van der Waals surface area contributed by atoms with Gasteiger partial charge in [-0.3, -0.25) is 0 Å². The van der Waals surface area contributed by atoms with E-state index in [1.54, 1.807) is 18.4 Å². The molecule has 1 aromatic heterocycles. The van der Waals surface area contributed by atoms with Crippen LogP contribution in [-0.4, -0.2) is 25.2 Å². The summed E-state index contributed by atoms with van der Waals surface area (Å²) in [6.07, 6.45) is 0.939. The van der Waals surface area contributed by atoms with Gasteiger partial charge in [-0.1, -0.05) is 27.7 Å². The minimum absolute atomic E-state index is 0.0844. The van der Waals surface area contributed by atoms with Crippen LogP contribution in [0.2, 0.25) is 0 Å². The fourth-order valence-electron chi connectivity index (χ4n) is 1.84. The number of thiazole rings is 1. The highest BCUT2D eigenvalue weighted by molar-refractivity contribution is 7.09. The quantitative estimate of drug-likeness (QED) is 0.861. The zero-order chi connectivity index (χ0) is 13.8. The summed E-state index contributed by atoms with van der Waals surface area (Å²) in [7, 11) is 1.74. The van der Waals surface area contributed by atoms with Crippen LogP contribution in [0.15, 0.2) is 5.38 Å². The third kappa shape index (κ3) is 3.77. The lowest BCUT2D eigenvalue weighted by Crippen LogP contribution is -2.40. The molecule has 1 heterocycles. The Morgan fingerprint density at radius 1 is 1.33 bits per heavy atom. The normalized spacial score (nSPS) is 15.7. The highest BCUT2D eigenvalue weighted by Gasteiger charge is 2.30. The second-order valence-electron chi connectivity index (χ2n) is 5.89. The van der Waals surface area contributed by atoms with Crippen molar-refractivity contribution in [1.29, 1.82) is 0 Å². The molecule has 0 radical (unpaired) electrons. The van der Waals surface area contributed by atoms with Gasteiger partial charge in [0.15, 0.2) is 0 Å². The van der Waals surface area contributed by atoms with E-state index >= 15 is 0 Å². The average molecular weight is 270 g/mol. The van der Waals surface area contributed by atoms with Gasteiger partial charge in [0.2, 0.25) is 0 Å². The average Bonchev–Trinajstić information content (AvgIpc) is 2.76. The highest BCUT2D eigenvalue weighted by Crippen LogP contribution is 2.31. The molecular formula is C14H26N2OS. The van der Waals surface area contributed by atoms with Gasteiger partial charge in [-0.15, -0.1) is 11.3 Å². The first-order valence-corrected chi connectivity index (χ1v) is 7.42. The molecule has 1 unspecified atom stereocenters. The molecule has 0 bridgehead atoms. The van der Waals surface area contributed by atoms with E-state index in [-0.39, 0.29) is 11.0 Å². The molecule has 0 amide bonds. The Bertz CT molecular complexity index is 370. The Morgan fingerprint density at radius 2 is 2.00 bits per heavy atom. The first-order valence-electron chi connectivity index (χ1n) is 6.54. The summed E-state index contributed by atoms with van der Waals surface area (Å²) >= 11 is 1.74. The van der Waals surface area contributed by atoms with Crippen molar-refractivity contribution in [2.24, 2.45) is 0 Å². The van der Waals surface area contributed by atoms with Gasteiger partial charge < -0.3 is 10.1 Å². The predicted octanol–water partition coefficient (Wildman–Crippen LogP) is 3.30. The van der Waals surface area contributed by atoms with E-state index in [2.05, 4.69) is 45.3 Å². The van der Waals surface area contributed by atoms with Crippen molar-refractivity contribution in [2.45, 2.75) is 52.0 Å². The number of nitrogens with one attached hydrogen (secondary N) is 1. The minimum Gasteiger partial charge on any atom is -0.385 e. The molecule has 0 saturated heterocycles. The first-order chi connectivity index (χ1) is 8.33. The van der Waals surface area contributed by atoms with Crippen molar-refractivity contribution in [1.82, 2.24) is 10.3 Å². The van der Waals surface area contributed by atoms with Gasteiger partial charge in [0, 0.05) is 24.5 Å². The molecule has 0 aliphatic heterocycles. The Morgan fingerprint density at radius 3 is 2.44 bits per heavy atom. The maximum absolute atomic E-state index is 5.22. The zero-order valence-electron chi connectivity index (χ0n) is 12.5. The van der Waals surface area contributed by atoms with E-state index in [0.717, 1.165) is 24.6 Å². The molecule has 4 heteroatoms. The van der Waals surface area contributed by atoms with Crippen LogP contribution < -0.4 is 5.32 Å². The largest absolute Gasteiger partial charge is 0.385 e. The molecule has 0 aromatic carbocycles. The molecule has 0 saturated carbocycles. The molecule has 0 spiro atoms. The van der Waals surface area contributed by atoms with Gasteiger partial charge in [-0.25, -0.2) is 4.98 Å². The van der Waals surface area contributed by atoms with E-state index in [0.29, 0.717) is 0 Å². The fraction of sp³-hybridized carbons (Fsp3) is 0.786. The molecule has 0 aliphatic carbocycles. The van der Waals surface area contributed by atoms with E-state index in [1.165, 1.54) is 5.69 Å². The second kappa shape index (κ2) is 6.13. The van der Waals surface area contributed by atoms with Crippen LogP contribution in [0.3, 0.4) is 0 Å². The predicted molar refractivity (Wildman–Crippen MR) is 78.3 cm³/mol. The van der Waals surface area contributed by atoms with Crippen molar-refractivity contribution in [3.8, 4) is 0 Å². The summed E-state index contributed by atoms with van der Waals surface area (Å²) in [5.74, 6) is 0. The van der Waals surface area contributed by atoms with E-state index in [9.17, 15) is 0 Å². The third-order valence-corrected chi connectivity index (χ3v) is 4.22. The van der Waals surface area contributed by atoms with E-state index in [4.69, 9.17) is 9.72 Å². The lowest BCUT2D eigenvalue weighted by molar-refractivity contribution is 0.160. The molecule has 1 atom stereocenters. The van der Waals surface area contributed by atoms with Crippen LogP contribution in [0, 0.1) is 0 Å². The Kier molecular flexibility index (Phi) is 5.32. The summed E-state index contributed by atoms with van der Waals surface area (Å²) in [5, 5.41) is 6.88. The Balaban J connectivity index is 2.95. The monoisotopic (exact) mass is 270 g/mol. The van der Waals surface area contributed by atoms with E-state index in [1.807, 2.05) is 0 Å². The first kappa shape index (κ1) is 15.6. The molecular weight excluding hydrogens is 244 g/mol. The fourth-order valence-corrected chi connectivity index (χ4v) is 3.05. The number of nitrogens with zero attached hydrogens (tertiary/aromatic N) is 1. The van der Waals surface area contributed by atoms with Gasteiger partial charge in [0.1, 0.15) is 5.01 Å². The lowest BCUT2D eigenvalue weighted by atomic mass is 9.93. The Labute approximate surface area is 115 Å². The Hall–Kier alpha value is -0.450. The van der Waals surface area contributed by atoms with Crippen molar-refractivity contribution >= 4 is 11.3 Å². The summed E-state index contributed by atoms with van der Waals surface area (Å²) < 4.78 is 5.22. The number of ether oxygens (including phenoxy) is 1. The maximum atomic E-state index is 5.22. The van der Waals surface area contributed by atoms with Crippen LogP contribution in [0.25, 0.3) is 0 Å². The van der Waals surface area contributed by atoms with Crippen LogP contribution >= 0.6 is 11.3 Å². The van der Waals surface area contributed by atoms with Crippen molar-refractivity contribution in [2.75, 3.05) is 20.3 Å². The molecule has 104 valence electrons. The molecule has 0 aliphatic rings. The van der Waals surface area contributed by atoms with Crippen LogP contribution in [0.1, 0.15) is 51.7 Å². The SMILES string of the molecule is CCNC(C)(CCOC)c1nc(C(C)(C)C)cs1. The maximum Gasteiger partial charge on any atom is 0.113 e. The number of rotatable bonds is 6. The molecule has 0 fully saturated rings. The van der Waals surface area contributed by atoms with Crippen LogP contribution in [0.5, 0.6) is 0 Å². The number of methoxy groups -OCH3 is 1. The summed E-state index contributed by atoms with van der Waals surface area (Å²) in [6.45, 7) is 12.6. The summed E-state index contributed by atoms with van der Waals surface area (Å²) in [6, 6.07) is 0. The zero-order valence-corrected chi connectivity index (χ0v) is 13.3. The van der Waals surface area contributed by atoms with Gasteiger partial charge in [0.25, 0.3) is 0 Å². The molecule has 18 heavy (non-hydrogen) atoms. The molecule has 3 nitrogen and oxygen atoms in total. The lowest BCUT2D eigenvalue weighted by Gasteiger charge is -2.28. The summed E-state index contributed by atoms with van der Waals surface area (Å²) in [5.41, 5.74) is 1.20. The number of hydrogen-bond acceptors (Lipinski definition) is 4. The minimum atomic E-state index is -0.0844. The second-order valence-corrected chi connectivity index (χ2v) is 6.75. The van der Waals surface area contributed by atoms with Gasteiger partial charge in [-0.05, 0) is 19.9 Å². The van der Waals surface area contributed by atoms with Gasteiger partial charge in [-0.2, -0.15) is 0 Å². The number of aromatic nitrogens is 1.